The van der Waals surface area contributed by atoms with Crippen molar-refractivity contribution < 1.29 is 4.39 Å². The molecule has 0 aliphatic rings. The Morgan fingerprint density at radius 2 is 2.12 bits per heavy atom. The molecule has 0 aliphatic carbocycles. The monoisotopic (exact) mass is 234 g/mol. The molecular formula is C14H19FN2. The predicted octanol–water partition coefficient (Wildman–Crippen LogP) is 3.11. The number of benzene rings is 1. The zero-order valence-corrected chi connectivity index (χ0v) is 10.7. The normalized spacial score (nSPS) is 11.6. The molecule has 0 saturated heterocycles. The summed E-state index contributed by atoms with van der Waals surface area (Å²) in [7, 11) is 2.10. The summed E-state index contributed by atoms with van der Waals surface area (Å²) < 4.78 is 13.4. The van der Waals surface area contributed by atoms with Gasteiger partial charge >= 0.3 is 0 Å². The summed E-state index contributed by atoms with van der Waals surface area (Å²) in [5, 5.41) is 1.02. The minimum absolute atomic E-state index is 0.153. The number of nitrogens with zero attached hydrogens (tertiary/aromatic N) is 1. The quantitative estimate of drug-likeness (QED) is 0.861. The number of rotatable bonds is 4. The summed E-state index contributed by atoms with van der Waals surface area (Å²) in [5.74, 6) is -0.153. The van der Waals surface area contributed by atoms with Crippen LogP contribution in [0.2, 0.25) is 0 Å². The van der Waals surface area contributed by atoms with Crippen LogP contribution in [0.3, 0.4) is 0 Å². The van der Waals surface area contributed by atoms with Crippen LogP contribution >= 0.6 is 0 Å². The molecule has 0 atom stereocenters. The van der Waals surface area contributed by atoms with Crippen LogP contribution in [0.5, 0.6) is 0 Å². The molecule has 3 heteroatoms. The van der Waals surface area contributed by atoms with Crippen molar-refractivity contribution in [3.05, 3.63) is 35.3 Å². The van der Waals surface area contributed by atoms with Gasteiger partial charge in [0.05, 0.1) is 0 Å². The molecule has 0 radical (unpaired) electrons. The molecule has 1 aromatic heterocycles. The molecule has 0 spiro atoms. The van der Waals surface area contributed by atoms with Crippen molar-refractivity contribution in [2.24, 2.45) is 0 Å². The maximum atomic E-state index is 13.4. The molecule has 17 heavy (non-hydrogen) atoms. The first-order valence-electron chi connectivity index (χ1n) is 6.06. The van der Waals surface area contributed by atoms with Gasteiger partial charge in [0.2, 0.25) is 0 Å². The molecule has 0 amide bonds. The van der Waals surface area contributed by atoms with Crippen LogP contribution in [0.15, 0.2) is 18.3 Å². The molecule has 0 bridgehead atoms. The standard InChI is InChI=1S/C14H19FN2/c1-4-17(3)6-5-11-9-16-14-10(2)7-12(15)8-13(11)14/h7-9,16H,4-6H2,1-3H3. The van der Waals surface area contributed by atoms with Crippen LogP contribution < -0.4 is 0 Å². The summed E-state index contributed by atoms with van der Waals surface area (Å²) in [4.78, 5) is 5.50. The van der Waals surface area contributed by atoms with Gasteiger partial charge < -0.3 is 9.88 Å². The third-order valence-electron chi connectivity index (χ3n) is 3.34. The summed E-state index contributed by atoms with van der Waals surface area (Å²) in [6.45, 7) is 6.11. The zero-order chi connectivity index (χ0) is 12.4. The predicted molar refractivity (Wildman–Crippen MR) is 69.9 cm³/mol. The smallest absolute Gasteiger partial charge is 0.124 e. The number of aryl methyl sites for hydroxylation is 1. The first kappa shape index (κ1) is 12.1. The van der Waals surface area contributed by atoms with Crippen LogP contribution in [0.4, 0.5) is 4.39 Å². The lowest BCUT2D eigenvalue weighted by molar-refractivity contribution is 0.358. The Morgan fingerprint density at radius 1 is 1.35 bits per heavy atom. The molecule has 92 valence electrons. The minimum atomic E-state index is -0.153. The average Bonchev–Trinajstić information content (AvgIpc) is 2.69. The van der Waals surface area contributed by atoms with E-state index in [4.69, 9.17) is 0 Å². The maximum absolute atomic E-state index is 13.4. The van der Waals surface area contributed by atoms with Gasteiger partial charge in [0, 0.05) is 23.6 Å². The summed E-state index contributed by atoms with van der Waals surface area (Å²) >= 11 is 0. The van der Waals surface area contributed by atoms with E-state index in [1.165, 1.54) is 5.56 Å². The van der Waals surface area contributed by atoms with Crippen molar-refractivity contribution in [1.29, 1.82) is 0 Å². The Morgan fingerprint density at radius 3 is 2.82 bits per heavy atom. The topological polar surface area (TPSA) is 19.0 Å². The Hall–Kier alpha value is -1.35. The molecule has 0 fully saturated rings. The van der Waals surface area contributed by atoms with Gasteiger partial charge in [0.1, 0.15) is 5.82 Å². The first-order chi connectivity index (χ1) is 8.11. The summed E-state index contributed by atoms with van der Waals surface area (Å²) in [5.41, 5.74) is 3.22. The molecule has 2 rings (SSSR count). The molecule has 2 aromatic rings. The van der Waals surface area contributed by atoms with E-state index in [9.17, 15) is 4.39 Å². The molecule has 1 aromatic carbocycles. The maximum Gasteiger partial charge on any atom is 0.124 e. The van der Waals surface area contributed by atoms with E-state index in [0.29, 0.717) is 0 Å². The van der Waals surface area contributed by atoms with Crippen LogP contribution in [0.25, 0.3) is 10.9 Å². The second kappa shape index (κ2) is 4.88. The molecule has 0 saturated carbocycles. The van der Waals surface area contributed by atoms with E-state index in [-0.39, 0.29) is 5.82 Å². The van der Waals surface area contributed by atoms with Gasteiger partial charge in [-0.25, -0.2) is 4.39 Å². The number of H-pyrrole nitrogens is 1. The molecule has 2 nitrogen and oxygen atoms in total. The van der Waals surface area contributed by atoms with Crippen molar-refractivity contribution in [3.8, 4) is 0 Å². The van der Waals surface area contributed by atoms with Crippen LogP contribution in [-0.4, -0.2) is 30.0 Å². The van der Waals surface area contributed by atoms with Crippen LogP contribution in [0, 0.1) is 12.7 Å². The van der Waals surface area contributed by atoms with Gasteiger partial charge in [-0.3, -0.25) is 0 Å². The number of nitrogens with one attached hydrogen (secondary N) is 1. The van der Waals surface area contributed by atoms with E-state index in [1.807, 2.05) is 13.1 Å². The van der Waals surface area contributed by atoms with Gasteiger partial charge in [-0.05, 0) is 50.2 Å². The third-order valence-corrected chi connectivity index (χ3v) is 3.34. The Labute approximate surface area is 101 Å². The lowest BCUT2D eigenvalue weighted by atomic mass is 10.1. The molecular weight excluding hydrogens is 215 g/mol. The first-order valence-corrected chi connectivity index (χ1v) is 6.06. The second-order valence-electron chi connectivity index (χ2n) is 4.61. The number of fused-ring (bicyclic) bond motifs is 1. The highest BCUT2D eigenvalue weighted by atomic mass is 19.1. The van der Waals surface area contributed by atoms with Crippen molar-refractivity contribution in [3.63, 3.8) is 0 Å². The van der Waals surface area contributed by atoms with Crippen molar-refractivity contribution in [1.82, 2.24) is 9.88 Å². The largest absolute Gasteiger partial charge is 0.361 e. The van der Waals surface area contributed by atoms with E-state index < -0.39 is 0 Å². The Bertz CT molecular complexity index is 516. The lowest BCUT2D eigenvalue weighted by Gasteiger charge is -2.12. The molecule has 0 unspecified atom stereocenters. The fourth-order valence-corrected chi connectivity index (χ4v) is 2.10. The third kappa shape index (κ3) is 2.50. The number of hydrogen-bond acceptors (Lipinski definition) is 1. The highest BCUT2D eigenvalue weighted by Crippen LogP contribution is 2.23. The highest BCUT2D eigenvalue weighted by molar-refractivity contribution is 5.86. The van der Waals surface area contributed by atoms with E-state index in [0.717, 1.165) is 36.0 Å². The number of halogens is 1. The van der Waals surface area contributed by atoms with E-state index in [1.54, 1.807) is 12.1 Å². The Kier molecular flexibility index (Phi) is 3.48. The van der Waals surface area contributed by atoms with Gasteiger partial charge in [0.25, 0.3) is 0 Å². The minimum Gasteiger partial charge on any atom is -0.361 e. The SMILES string of the molecule is CCN(C)CCc1c[nH]c2c(C)cc(F)cc12. The number of aromatic nitrogens is 1. The number of likely N-dealkylation sites (N-methyl/N-ethyl adjacent to an activating group) is 1. The average molecular weight is 234 g/mol. The Balaban J connectivity index is 2.29. The summed E-state index contributed by atoms with van der Waals surface area (Å²) in [6, 6.07) is 3.20. The molecule has 0 aliphatic heterocycles. The number of aromatic amines is 1. The summed E-state index contributed by atoms with van der Waals surface area (Å²) in [6.07, 6.45) is 2.95. The second-order valence-corrected chi connectivity index (χ2v) is 4.61. The van der Waals surface area contributed by atoms with E-state index in [2.05, 4.69) is 23.9 Å². The highest BCUT2D eigenvalue weighted by Gasteiger charge is 2.08. The van der Waals surface area contributed by atoms with Crippen molar-refractivity contribution >= 4 is 10.9 Å². The number of hydrogen-bond donors (Lipinski definition) is 1. The lowest BCUT2D eigenvalue weighted by Crippen LogP contribution is -2.20. The van der Waals surface area contributed by atoms with Crippen LogP contribution in [-0.2, 0) is 6.42 Å². The van der Waals surface area contributed by atoms with Gasteiger partial charge in [-0.15, -0.1) is 0 Å². The fourth-order valence-electron chi connectivity index (χ4n) is 2.10. The molecule has 1 N–H and O–H groups in total. The van der Waals surface area contributed by atoms with Crippen LogP contribution in [0.1, 0.15) is 18.1 Å². The molecule has 1 heterocycles. The van der Waals surface area contributed by atoms with Crippen molar-refractivity contribution in [2.45, 2.75) is 20.3 Å². The van der Waals surface area contributed by atoms with Crippen molar-refractivity contribution in [2.75, 3.05) is 20.1 Å². The van der Waals surface area contributed by atoms with Gasteiger partial charge in [-0.1, -0.05) is 6.92 Å². The van der Waals surface area contributed by atoms with E-state index >= 15 is 0 Å². The fraction of sp³-hybridized carbons (Fsp3) is 0.429. The zero-order valence-electron chi connectivity index (χ0n) is 10.7. The van der Waals surface area contributed by atoms with Gasteiger partial charge in [-0.2, -0.15) is 0 Å². The van der Waals surface area contributed by atoms with Gasteiger partial charge in [0.15, 0.2) is 0 Å².